The molecule has 31 nitrogen and oxygen atoms in total. The second-order valence-corrected chi connectivity index (χ2v) is 36.3. The number of nitrogen functional groups attached to an aromatic ring is 2. The zero-order valence-electron chi connectivity index (χ0n) is 55.3. The molecule has 0 amide bonds. The normalized spacial score (nSPS) is 15.7. The van der Waals surface area contributed by atoms with Crippen LogP contribution < -0.4 is 27.8 Å². The van der Waals surface area contributed by atoms with E-state index in [1.807, 2.05) is 42.5 Å². The van der Waals surface area contributed by atoms with Gasteiger partial charge >= 0.3 is 76.6 Å². The van der Waals surface area contributed by atoms with E-state index in [2.05, 4.69) is 78.4 Å². The number of benzene rings is 2. The molecule has 40 heteroatoms. The number of anilines is 5. The number of nitrogens with zero attached hydrogens (tertiary/aromatic N) is 10. The number of allylic oxidation sites excluding steroid dienone is 6. The maximum atomic E-state index is 12.6. The first-order valence-corrected chi connectivity index (χ1v) is 45.5. The van der Waals surface area contributed by atoms with Crippen molar-refractivity contribution in [3.63, 3.8) is 0 Å². The maximum Gasteiger partial charge on any atom is 0.513 e. The van der Waals surface area contributed by atoms with Crippen LogP contribution in [0.4, 0.5) is 29.2 Å². The summed E-state index contributed by atoms with van der Waals surface area (Å²) in [6.07, 6.45) is 21.8. The number of rotatable bonds is 32. The number of hydrogen-bond donors (Lipinski definition) is 4. The number of aryl methyl sites for hydroxylation is 1. The Morgan fingerprint density at radius 2 is 1.03 bits per heavy atom. The Kier molecular flexibility index (Phi) is 29.9. The smallest absolute Gasteiger partial charge is 0.437 e. The van der Waals surface area contributed by atoms with Gasteiger partial charge in [0.15, 0.2) is 74.0 Å². The summed E-state index contributed by atoms with van der Waals surface area (Å²) in [5.41, 5.74) is 18.1. The van der Waals surface area contributed by atoms with E-state index in [4.69, 9.17) is 41.7 Å². The number of nitrogens with two attached hydrogens (primary N) is 2. The summed E-state index contributed by atoms with van der Waals surface area (Å²) in [5.74, 6) is 2.39. The number of imidazole rings is 2. The second kappa shape index (κ2) is 37.2. The van der Waals surface area contributed by atoms with E-state index in [0.717, 1.165) is 36.9 Å². The van der Waals surface area contributed by atoms with E-state index < -0.39 is 76.6 Å². The minimum absolute atomic E-state index is 0.0873. The molecule has 9 rings (SSSR count). The first kappa shape index (κ1) is 78.8. The number of nitrogens with one attached hydrogen (secondary N) is 2. The average Bonchev–Trinajstić information content (AvgIpc) is 1.66. The molecule has 0 radical (unpaired) electrons. The van der Waals surface area contributed by atoms with Crippen LogP contribution in [0.15, 0.2) is 119 Å². The van der Waals surface area contributed by atoms with Gasteiger partial charge in [-0.2, -0.15) is 24.9 Å². The van der Waals surface area contributed by atoms with Gasteiger partial charge in [-0.25, -0.2) is 14.8 Å². The molecular weight excluding hydrogens is 1440 g/mol. The molecule has 1 saturated carbocycles. The highest BCUT2D eigenvalue weighted by Gasteiger charge is 2.42. The molecule has 1 aliphatic rings. The number of hydrogen-bond acceptors (Lipinski definition) is 28. The highest BCUT2D eigenvalue weighted by atomic mass is 31.3. The molecule has 6 unspecified atom stereocenters. The van der Waals surface area contributed by atoms with E-state index in [-0.39, 0.29) is 42.6 Å². The van der Waals surface area contributed by atoms with Crippen molar-refractivity contribution in [2.45, 2.75) is 97.3 Å². The van der Waals surface area contributed by atoms with E-state index in [9.17, 15) is 45.9 Å². The largest absolute Gasteiger partial charge is 0.513 e. The van der Waals surface area contributed by atoms with Gasteiger partial charge in [0.2, 0.25) is 17.6 Å². The topological polar surface area (TPSA) is 420 Å². The SMILES string of the molecule is CC(C)c1ccc(Nc2nc(N)nc3c2ncn3C/C=C/CP(=O)(O[P+](C)=O)O[P+](C)=O)cc1.CCCc1ccc(-c2cc3cn(C/C=C/CP(=O)(O[P+](C)=O)O[P+](C)=O)c(=O)nc3o2)cc1.C[P+](=O)OP(=O)(C/C=C/Cn1cnc2c(NC3CCCCC3)nc(N)nc21)O[P+](C)=O. The molecule has 6 heterocycles. The third-order valence-corrected chi connectivity index (χ3v) is 27.3. The lowest BCUT2D eigenvalue weighted by atomic mass is 9.95. The Labute approximate surface area is 571 Å². The van der Waals surface area contributed by atoms with E-state index in [0.29, 0.717) is 70.2 Å². The van der Waals surface area contributed by atoms with Gasteiger partial charge in [0.05, 0.1) is 36.5 Å². The summed E-state index contributed by atoms with van der Waals surface area (Å²) in [5, 5.41) is 7.36. The van der Waals surface area contributed by atoms with Crippen molar-refractivity contribution in [2.24, 2.45) is 0 Å². The molecular formula is C58H79N14O17P9+6. The van der Waals surface area contributed by atoms with E-state index in [1.165, 1.54) is 81.0 Å². The van der Waals surface area contributed by atoms with Crippen LogP contribution in [0, 0.1) is 0 Å². The predicted octanol–water partition coefficient (Wildman–Crippen LogP) is 16.6. The summed E-state index contributed by atoms with van der Waals surface area (Å²) in [7, 11) is -24.5. The van der Waals surface area contributed by atoms with Crippen LogP contribution in [0.2, 0.25) is 0 Å². The average molecular weight is 1520 g/mol. The lowest BCUT2D eigenvalue weighted by Gasteiger charge is -2.23. The molecule has 1 fully saturated rings. The zero-order chi connectivity index (χ0) is 71.3. The molecule has 2 aromatic carbocycles. The number of fused-ring (bicyclic) bond motifs is 3. The van der Waals surface area contributed by atoms with Crippen molar-refractivity contribution >= 4 is 134 Å². The maximum absolute atomic E-state index is 12.6. The highest BCUT2D eigenvalue weighted by molar-refractivity contribution is 7.67. The van der Waals surface area contributed by atoms with Crippen LogP contribution in [0.25, 0.3) is 44.8 Å². The van der Waals surface area contributed by atoms with Crippen LogP contribution in [0.1, 0.15) is 76.3 Å². The van der Waals surface area contributed by atoms with Gasteiger partial charge in [-0.15, -0.1) is 0 Å². The van der Waals surface area contributed by atoms with Gasteiger partial charge in [0.1, 0.15) is 5.76 Å². The standard InChI is InChI=1S/C21H25N2O7P3.C20H27N6O5P3.C17H27N6O5P3/c1-4-7-16-8-10-17(11-9-16)19-14-18-15-23(21(24)22-20(18)28-19)12-5-6-13-33(27,29-31(2)25)30-32(3)26;1-14(2)15-7-9-16(10-8-15)23-18-17-19(25-20(21)24-18)26(13-22-17)11-5-6-12-34(29,30-32(3)27)31-33(4)28;1-29(24)27-31(26,28-30(2)25)11-7-6-10-23-12-19-14-15(21-17(18)22-16(14)23)20-13-8-4-3-5-9-13/h5-6,8-11,14-15H,4,7,12-13H2,1-3H3;5-10,13-14H,11-12H2,1-4H3,(H3,21,23,24,25);6-7,12-13H,3-5,8-11H2,1-2H3,(H3,18,20,21,22)/q3*+2/b2*6-5+;7-6+. The first-order valence-electron chi connectivity index (χ1n) is 30.6. The van der Waals surface area contributed by atoms with Gasteiger partial charge in [0.25, 0.3) is 0 Å². The van der Waals surface area contributed by atoms with Crippen molar-refractivity contribution in [3.05, 3.63) is 132 Å². The first-order chi connectivity index (χ1) is 46.5. The Morgan fingerprint density at radius 3 is 1.47 bits per heavy atom. The second-order valence-electron chi connectivity index (χ2n) is 22.3. The Hall–Kier alpha value is -6.57. The van der Waals surface area contributed by atoms with Crippen LogP contribution >= 0.6 is 71.0 Å². The summed E-state index contributed by atoms with van der Waals surface area (Å²) in [4.78, 5) is 42.4. The van der Waals surface area contributed by atoms with E-state index >= 15 is 0 Å². The summed E-state index contributed by atoms with van der Waals surface area (Å²) in [6, 6.07) is 18.3. The van der Waals surface area contributed by atoms with Gasteiger partial charge in [-0.05, 0) is 81.9 Å². The van der Waals surface area contributed by atoms with Gasteiger partial charge in [0, 0.05) is 43.1 Å². The number of aromatic nitrogens is 10. The third kappa shape index (κ3) is 24.7. The predicted molar refractivity (Wildman–Crippen MR) is 384 cm³/mol. The molecule has 0 aliphatic heterocycles. The Bertz CT molecular complexity index is 4440. The fourth-order valence-electron chi connectivity index (χ4n) is 9.72. The van der Waals surface area contributed by atoms with Crippen LogP contribution in [0.3, 0.4) is 0 Å². The molecule has 98 heavy (non-hydrogen) atoms. The van der Waals surface area contributed by atoms with Gasteiger partial charge in [-0.1, -0.05) is 145 Å². The molecule has 6 N–H and O–H groups in total. The summed E-state index contributed by atoms with van der Waals surface area (Å²) in [6.45, 7) is 14.7. The molecule has 522 valence electrons. The molecule has 0 bridgehead atoms. The van der Waals surface area contributed by atoms with Crippen LogP contribution in [-0.2, 0) is 93.0 Å². The monoisotopic (exact) mass is 1520 g/mol. The fraction of sp³-hybridized carbons (Fsp3) is 0.414. The molecule has 8 aromatic rings. The lowest BCUT2D eigenvalue weighted by molar-refractivity contribution is 0.394. The summed E-state index contributed by atoms with van der Waals surface area (Å²) < 4.78 is 146. The minimum Gasteiger partial charge on any atom is -0.437 e. The molecule has 1 aliphatic carbocycles. The lowest BCUT2D eigenvalue weighted by Crippen LogP contribution is -2.23. The van der Waals surface area contributed by atoms with Crippen molar-refractivity contribution in [3.8, 4) is 11.3 Å². The van der Waals surface area contributed by atoms with Crippen molar-refractivity contribution < 1.29 is 71.4 Å². The molecule has 0 spiro atoms. The van der Waals surface area contributed by atoms with Crippen molar-refractivity contribution in [2.75, 3.05) is 80.6 Å². The summed E-state index contributed by atoms with van der Waals surface area (Å²) >= 11 is 0. The van der Waals surface area contributed by atoms with Crippen molar-refractivity contribution in [1.29, 1.82) is 0 Å². The Morgan fingerprint density at radius 1 is 0.592 bits per heavy atom. The molecule has 6 aromatic heterocycles. The molecule has 0 saturated heterocycles. The third-order valence-electron chi connectivity index (χ3n) is 13.8. The zero-order valence-corrected chi connectivity index (χ0v) is 63.4. The van der Waals surface area contributed by atoms with Crippen LogP contribution in [0.5, 0.6) is 0 Å². The highest BCUT2D eigenvalue weighted by Crippen LogP contribution is 2.61. The van der Waals surface area contributed by atoms with Crippen molar-refractivity contribution in [1.82, 2.24) is 48.6 Å². The minimum atomic E-state index is -3.82. The Balaban J connectivity index is 0.000000207. The van der Waals surface area contributed by atoms with Gasteiger partial charge < -0.3 is 35.7 Å². The molecule has 6 atom stereocenters. The van der Waals surface area contributed by atoms with Crippen LogP contribution in [-0.4, -0.2) is 113 Å². The number of furan rings is 1. The van der Waals surface area contributed by atoms with Gasteiger partial charge in [-0.3, -0.25) is 18.3 Å². The van der Waals surface area contributed by atoms with E-state index in [1.54, 1.807) is 58.4 Å². The quantitative estimate of drug-likeness (QED) is 0.0225. The fourth-order valence-corrected chi connectivity index (χ4v) is 22.1.